The maximum absolute atomic E-state index is 12.6. The van der Waals surface area contributed by atoms with Gasteiger partial charge in [0.2, 0.25) is 0 Å². The standard InChI is InChI=1S/C30H29N9O2/c40-29(41)27-22(21-14-33-38(16-21)17-30-11-18-8-19(12-30)10-20(9-18)13-30)5-7-39-24(15-31-28(27)39)23-3-4-26(37-35-23)34-25-2-1-6-32-36-25/h1-7,14-16,18-20H,8-13,17H2,(H,40,41)(H,34,36,37). The molecule has 0 aromatic carbocycles. The molecule has 0 spiro atoms. The van der Waals surface area contributed by atoms with Crippen LogP contribution < -0.4 is 5.32 Å². The second-order valence-corrected chi connectivity index (χ2v) is 12.1. The SMILES string of the molecule is O=C(O)c1c(-c2cnn(CC34CC5CC(CC(C5)C3)C4)c2)ccn2c(-c3ccc(Nc4cccnn4)nn3)cnc12. The number of pyridine rings is 1. The number of nitrogens with one attached hydrogen (secondary N) is 1. The van der Waals surface area contributed by atoms with Crippen LogP contribution in [0.1, 0.15) is 48.9 Å². The van der Waals surface area contributed by atoms with Crippen LogP contribution in [0.25, 0.3) is 28.2 Å². The van der Waals surface area contributed by atoms with E-state index < -0.39 is 5.97 Å². The maximum atomic E-state index is 12.6. The molecule has 5 aromatic rings. The van der Waals surface area contributed by atoms with Gasteiger partial charge in [-0.3, -0.25) is 9.08 Å². The number of aromatic carboxylic acids is 1. The molecule has 4 saturated carbocycles. The molecular weight excluding hydrogens is 518 g/mol. The summed E-state index contributed by atoms with van der Waals surface area (Å²) in [6, 6.07) is 8.97. The lowest BCUT2D eigenvalue weighted by atomic mass is 9.49. The molecule has 0 amide bonds. The summed E-state index contributed by atoms with van der Waals surface area (Å²) in [7, 11) is 0. The van der Waals surface area contributed by atoms with Gasteiger partial charge in [-0.25, -0.2) is 9.78 Å². The minimum absolute atomic E-state index is 0.141. The fourth-order valence-corrected chi connectivity index (χ4v) is 8.14. The Balaban J connectivity index is 1.08. The van der Waals surface area contributed by atoms with Crippen molar-refractivity contribution in [2.45, 2.75) is 45.1 Å². The zero-order valence-electron chi connectivity index (χ0n) is 22.4. The van der Waals surface area contributed by atoms with Gasteiger partial charge in [-0.15, -0.1) is 15.3 Å². The van der Waals surface area contributed by atoms with E-state index in [1.807, 2.05) is 23.1 Å². The van der Waals surface area contributed by atoms with Crippen LogP contribution in [0.5, 0.6) is 0 Å². The lowest BCUT2D eigenvalue weighted by molar-refractivity contribution is -0.0635. The Morgan fingerprint density at radius 1 is 0.976 bits per heavy atom. The summed E-state index contributed by atoms with van der Waals surface area (Å²) < 4.78 is 3.79. The van der Waals surface area contributed by atoms with Crippen molar-refractivity contribution in [1.29, 1.82) is 0 Å². The number of hydrogen-bond donors (Lipinski definition) is 2. The van der Waals surface area contributed by atoms with Gasteiger partial charge in [-0.1, -0.05) is 0 Å². The van der Waals surface area contributed by atoms with Crippen molar-refractivity contribution in [3.63, 3.8) is 0 Å². The number of imidazole rings is 1. The molecular formula is C30H29N9O2. The first kappa shape index (κ1) is 24.2. The summed E-state index contributed by atoms with van der Waals surface area (Å²) in [6.45, 7) is 0.912. The van der Waals surface area contributed by atoms with E-state index in [2.05, 4.69) is 30.7 Å². The number of anilines is 2. The predicted molar refractivity (Wildman–Crippen MR) is 150 cm³/mol. The molecule has 9 rings (SSSR count). The molecule has 0 aliphatic heterocycles. The normalized spacial score (nSPS) is 24.6. The summed E-state index contributed by atoms with van der Waals surface area (Å²) in [6.07, 6.45) is 17.0. The van der Waals surface area contributed by atoms with Gasteiger partial charge in [0.25, 0.3) is 0 Å². The van der Waals surface area contributed by atoms with Gasteiger partial charge in [-0.2, -0.15) is 10.2 Å². The van der Waals surface area contributed by atoms with Crippen LogP contribution in [0.15, 0.2) is 61.3 Å². The van der Waals surface area contributed by atoms with Gasteiger partial charge in [0.15, 0.2) is 17.3 Å². The summed E-state index contributed by atoms with van der Waals surface area (Å²) in [5.74, 6) is 2.67. The topological polar surface area (TPSA) is 136 Å². The monoisotopic (exact) mass is 547 g/mol. The smallest absolute Gasteiger partial charge is 0.340 e. The molecule has 11 nitrogen and oxygen atoms in total. The van der Waals surface area contributed by atoms with Crippen LogP contribution in [0.3, 0.4) is 0 Å². The number of carboxylic acid groups (broad SMARTS) is 1. The first-order valence-electron chi connectivity index (χ1n) is 14.2. The molecule has 2 N–H and O–H groups in total. The van der Waals surface area contributed by atoms with Crippen LogP contribution in [0.4, 0.5) is 11.6 Å². The number of nitrogens with zero attached hydrogens (tertiary/aromatic N) is 8. The lowest BCUT2D eigenvalue weighted by Gasteiger charge is -2.56. The number of carbonyl (C=O) groups is 1. The minimum Gasteiger partial charge on any atom is -0.478 e. The highest BCUT2D eigenvalue weighted by Crippen LogP contribution is 2.60. The van der Waals surface area contributed by atoms with Crippen LogP contribution in [0.2, 0.25) is 0 Å². The van der Waals surface area contributed by atoms with Crippen molar-refractivity contribution in [3.05, 3.63) is 66.9 Å². The van der Waals surface area contributed by atoms with Gasteiger partial charge in [0.05, 0.1) is 18.1 Å². The molecule has 4 aliphatic rings. The Bertz CT molecular complexity index is 1720. The summed E-state index contributed by atoms with van der Waals surface area (Å²) in [5.41, 5.74) is 3.44. The average molecular weight is 548 g/mol. The molecule has 4 bridgehead atoms. The van der Waals surface area contributed by atoms with Crippen LogP contribution >= 0.6 is 0 Å². The van der Waals surface area contributed by atoms with Gasteiger partial charge < -0.3 is 10.4 Å². The predicted octanol–water partition coefficient (Wildman–Crippen LogP) is 5.10. The molecule has 0 atom stereocenters. The Kier molecular flexibility index (Phi) is 5.41. The zero-order valence-corrected chi connectivity index (χ0v) is 22.4. The van der Waals surface area contributed by atoms with E-state index in [0.717, 1.165) is 29.9 Å². The quantitative estimate of drug-likeness (QED) is 0.285. The van der Waals surface area contributed by atoms with Gasteiger partial charge in [0, 0.05) is 36.3 Å². The molecule has 206 valence electrons. The number of aromatic nitrogens is 8. The van der Waals surface area contributed by atoms with Crippen LogP contribution in [-0.2, 0) is 6.54 Å². The highest BCUT2D eigenvalue weighted by molar-refractivity contribution is 6.02. The van der Waals surface area contributed by atoms with Crippen molar-refractivity contribution < 1.29 is 9.90 Å². The van der Waals surface area contributed by atoms with E-state index in [4.69, 9.17) is 5.10 Å². The summed E-state index contributed by atoms with van der Waals surface area (Å²) in [5, 5.41) is 34.4. The van der Waals surface area contributed by atoms with E-state index in [-0.39, 0.29) is 5.56 Å². The summed E-state index contributed by atoms with van der Waals surface area (Å²) in [4.78, 5) is 17.1. The Morgan fingerprint density at radius 2 is 1.76 bits per heavy atom. The van der Waals surface area contributed by atoms with Crippen LogP contribution in [0, 0.1) is 23.2 Å². The number of rotatable bonds is 7. The van der Waals surface area contributed by atoms with E-state index >= 15 is 0 Å². The van der Waals surface area contributed by atoms with Crippen molar-refractivity contribution in [2.24, 2.45) is 23.2 Å². The van der Waals surface area contributed by atoms with Gasteiger partial charge in [-0.05, 0) is 92.0 Å². The van der Waals surface area contributed by atoms with Gasteiger partial charge in [0.1, 0.15) is 11.3 Å². The zero-order chi connectivity index (χ0) is 27.6. The van der Waals surface area contributed by atoms with Crippen LogP contribution in [-0.4, -0.2) is 50.6 Å². The Morgan fingerprint density at radius 3 is 2.44 bits per heavy atom. The number of hydrogen-bond acceptors (Lipinski definition) is 8. The van der Waals surface area contributed by atoms with E-state index in [0.29, 0.717) is 39.6 Å². The van der Waals surface area contributed by atoms with Crippen molar-refractivity contribution >= 4 is 23.3 Å². The van der Waals surface area contributed by atoms with Crippen molar-refractivity contribution in [1.82, 2.24) is 39.6 Å². The molecule has 41 heavy (non-hydrogen) atoms. The molecule has 0 saturated heterocycles. The van der Waals surface area contributed by atoms with E-state index in [9.17, 15) is 9.90 Å². The second kappa shape index (κ2) is 9.18. The van der Waals surface area contributed by atoms with Gasteiger partial charge >= 0.3 is 5.97 Å². The van der Waals surface area contributed by atoms with Crippen molar-refractivity contribution in [2.75, 3.05) is 5.32 Å². The molecule has 4 fully saturated rings. The summed E-state index contributed by atoms with van der Waals surface area (Å²) >= 11 is 0. The fraction of sp³-hybridized carbons (Fsp3) is 0.367. The third-order valence-electron chi connectivity index (χ3n) is 9.26. The molecule has 0 unspecified atom stereocenters. The molecule has 5 aromatic heterocycles. The van der Waals surface area contributed by atoms with Crippen molar-refractivity contribution in [3.8, 4) is 22.5 Å². The second-order valence-electron chi connectivity index (χ2n) is 12.1. The molecule has 11 heteroatoms. The molecule has 0 radical (unpaired) electrons. The van der Waals surface area contributed by atoms with E-state index in [1.165, 1.54) is 38.5 Å². The highest BCUT2D eigenvalue weighted by atomic mass is 16.4. The fourth-order valence-electron chi connectivity index (χ4n) is 8.14. The molecule has 4 aliphatic carbocycles. The first-order valence-corrected chi connectivity index (χ1v) is 14.2. The number of fused-ring (bicyclic) bond motifs is 1. The minimum atomic E-state index is -1.04. The largest absolute Gasteiger partial charge is 0.478 e. The third kappa shape index (κ3) is 4.23. The van der Waals surface area contributed by atoms with E-state index in [1.54, 1.807) is 47.3 Å². The Labute approximate surface area is 235 Å². The third-order valence-corrected chi connectivity index (χ3v) is 9.26. The average Bonchev–Trinajstić information content (AvgIpc) is 3.59. The highest BCUT2D eigenvalue weighted by Gasteiger charge is 2.51. The lowest BCUT2D eigenvalue weighted by Crippen LogP contribution is -2.47. The number of carboxylic acids is 1. The molecule has 5 heterocycles. The Hall–Kier alpha value is -4.67. The maximum Gasteiger partial charge on any atom is 0.340 e. The first-order chi connectivity index (χ1) is 20.0.